The molecule has 2 aliphatic rings. The minimum absolute atomic E-state index is 0.208. The van der Waals surface area contributed by atoms with E-state index in [1.807, 2.05) is 18.2 Å². The Morgan fingerprint density at radius 3 is 2.41 bits per heavy atom. The van der Waals surface area contributed by atoms with E-state index >= 15 is 0 Å². The monoisotopic (exact) mass is 298 g/mol. The predicted octanol–water partition coefficient (Wildman–Crippen LogP) is 4.89. The van der Waals surface area contributed by atoms with Crippen molar-refractivity contribution in [2.24, 2.45) is 0 Å². The molecule has 4 rings (SSSR count). The van der Waals surface area contributed by atoms with Gasteiger partial charge in [-0.25, -0.2) is 4.39 Å². The fourth-order valence-corrected chi connectivity index (χ4v) is 3.13. The summed E-state index contributed by atoms with van der Waals surface area (Å²) in [6.45, 7) is 0.783. The van der Waals surface area contributed by atoms with Crippen LogP contribution in [0.25, 0.3) is 11.1 Å². The maximum Gasteiger partial charge on any atom is 0.127 e. The van der Waals surface area contributed by atoms with Crippen LogP contribution in [0.4, 0.5) is 4.39 Å². The molecule has 0 bridgehead atoms. The first kappa shape index (κ1) is 13.8. The van der Waals surface area contributed by atoms with Gasteiger partial charge in [0.1, 0.15) is 17.7 Å². The Morgan fingerprint density at radius 2 is 1.73 bits per heavy atom. The molecule has 22 heavy (non-hydrogen) atoms. The van der Waals surface area contributed by atoms with Gasteiger partial charge in [0.05, 0.1) is 12.7 Å². The summed E-state index contributed by atoms with van der Waals surface area (Å²) < 4.78 is 24.8. The molecular weight excluding hydrogens is 279 g/mol. The van der Waals surface area contributed by atoms with Crippen LogP contribution in [0.2, 0.25) is 0 Å². The van der Waals surface area contributed by atoms with E-state index in [0.29, 0.717) is 6.10 Å². The lowest BCUT2D eigenvalue weighted by molar-refractivity contribution is 0.211. The highest BCUT2D eigenvalue weighted by molar-refractivity contribution is 5.71. The van der Waals surface area contributed by atoms with Crippen molar-refractivity contribution in [3.63, 3.8) is 0 Å². The van der Waals surface area contributed by atoms with Crippen LogP contribution in [0.3, 0.4) is 0 Å². The second-order valence-electron chi connectivity index (χ2n) is 6.11. The normalized spacial score (nSPS) is 21.0. The van der Waals surface area contributed by atoms with E-state index in [-0.39, 0.29) is 11.9 Å². The molecule has 1 saturated carbocycles. The van der Waals surface area contributed by atoms with Crippen molar-refractivity contribution in [1.82, 2.24) is 0 Å². The maximum atomic E-state index is 13.2. The van der Waals surface area contributed by atoms with Gasteiger partial charge in [-0.2, -0.15) is 0 Å². The molecule has 1 aliphatic carbocycles. The summed E-state index contributed by atoms with van der Waals surface area (Å²) in [7, 11) is 0. The van der Waals surface area contributed by atoms with Crippen molar-refractivity contribution in [3.05, 3.63) is 53.8 Å². The van der Waals surface area contributed by atoms with Crippen molar-refractivity contribution in [3.8, 4) is 16.9 Å². The zero-order chi connectivity index (χ0) is 14.9. The molecule has 0 amide bonds. The quantitative estimate of drug-likeness (QED) is 0.750. The first-order valence-electron chi connectivity index (χ1n) is 7.98. The van der Waals surface area contributed by atoms with Gasteiger partial charge in [-0.1, -0.05) is 18.2 Å². The van der Waals surface area contributed by atoms with Crippen LogP contribution in [0.1, 0.15) is 37.4 Å². The molecule has 0 aromatic heterocycles. The number of halogens is 1. The van der Waals surface area contributed by atoms with Crippen LogP contribution in [0, 0.1) is 5.82 Å². The van der Waals surface area contributed by atoms with Crippen molar-refractivity contribution < 1.29 is 13.9 Å². The molecule has 3 heteroatoms. The standard InChI is InChI=1S/C19H19FO2/c20-15-8-5-13(6-9-15)17-11-14(19-12-21-19)7-10-18(17)22-16-3-1-2-4-16/h5-11,16,19H,1-4,12H2. The Morgan fingerprint density at radius 1 is 1.00 bits per heavy atom. The van der Waals surface area contributed by atoms with Gasteiger partial charge in [0.25, 0.3) is 0 Å². The topological polar surface area (TPSA) is 21.8 Å². The van der Waals surface area contributed by atoms with E-state index in [0.717, 1.165) is 41.9 Å². The van der Waals surface area contributed by atoms with Crippen molar-refractivity contribution in [2.75, 3.05) is 6.61 Å². The Hall–Kier alpha value is -1.87. The van der Waals surface area contributed by atoms with Crippen molar-refractivity contribution >= 4 is 0 Å². The summed E-state index contributed by atoms with van der Waals surface area (Å²) in [5.74, 6) is 0.673. The van der Waals surface area contributed by atoms with Gasteiger partial charge < -0.3 is 9.47 Å². The van der Waals surface area contributed by atoms with Gasteiger partial charge in [0.15, 0.2) is 0 Å². The van der Waals surface area contributed by atoms with Crippen LogP contribution in [0.5, 0.6) is 5.75 Å². The van der Waals surface area contributed by atoms with E-state index in [9.17, 15) is 4.39 Å². The third-order valence-electron chi connectivity index (χ3n) is 4.46. The average molecular weight is 298 g/mol. The number of epoxide rings is 1. The molecule has 2 nitrogen and oxygen atoms in total. The van der Waals surface area contributed by atoms with Gasteiger partial charge in [0.2, 0.25) is 0 Å². The molecule has 0 N–H and O–H groups in total. The Labute approximate surface area is 129 Å². The van der Waals surface area contributed by atoms with Gasteiger partial charge in [-0.05, 0) is 61.1 Å². The lowest BCUT2D eigenvalue weighted by Gasteiger charge is -2.17. The first-order chi connectivity index (χ1) is 10.8. The maximum absolute atomic E-state index is 13.2. The summed E-state index contributed by atoms with van der Waals surface area (Å²) in [6.07, 6.45) is 5.24. The fourth-order valence-electron chi connectivity index (χ4n) is 3.13. The molecular formula is C19H19FO2. The number of rotatable bonds is 4. The lowest BCUT2D eigenvalue weighted by Crippen LogP contribution is -2.11. The molecule has 2 aromatic carbocycles. The summed E-state index contributed by atoms with van der Waals surface area (Å²) in [5.41, 5.74) is 3.18. The molecule has 2 fully saturated rings. The summed E-state index contributed by atoms with van der Waals surface area (Å²) in [6, 6.07) is 12.8. The first-order valence-corrected chi connectivity index (χ1v) is 7.98. The van der Waals surface area contributed by atoms with Gasteiger partial charge >= 0.3 is 0 Å². The van der Waals surface area contributed by atoms with Crippen LogP contribution in [-0.4, -0.2) is 12.7 Å². The SMILES string of the molecule is Fc1ccc(-c2cc(C3CO3)ccc2OC2CCCC2)cc1. The minimum Gasteiger partial charge on any atom is -0.490 e. The number of hydrogen-bond acceptors (Lipinski definition) is 2. The van der Waals surface area contributed by atoms with Gasteiger partial charge in [-0.3, -0.25) is 0 Å². The number of ether oxygens (including phenoxy) is 2. The van der Waals surface area contributed by atoms with Gasteiger partial charge in [-0.15, -0.1) is 0 Å². The highest BCUT2D eigenvalue weighted by Crippen LogP contribution is 2.38. The van der Waals surface area contributed by atoms with E-state index in [4.69, 9.17) is 9.47 Å². The highest BCUT2D eigenvalue weighted by atomic mass is 19.1. The predicted molar refractivity (Wildman–Crippen MR) is 83.4 cm³/mol. The summed E-state index contributed by atoms with van der Waals surface area (Å²) in [5, 5.41) is 0. The van der Waals surface area contributed by atoms with E-state index in [1.165, 1.54) is 25.0 Å². The summed E-state index contributed by atoms with van der Waals surface area (Å²) in [4.78, 5) is 0. The molecule has 1 heterocycles. The minimum atomic E-state index is -0.219. The largest absolute Gasteiger partial charge is 0.490 e. The molecule has 1 aliphatic heterocycles. The molecule has 1 saturated heterocycles. The van der Waals surface area contributed by atoms with Crippen LogP contribution < -0.4 is 4.74 Å². The number of benzene rings is 2. The summed E-state index contributed by atoms with van der Waals surface area (Å²) >= 11 is 0. The molecule has 0 radical (unpaired) electrons. The van der Waals surface area contributed by atoms with Crippen molar-refractivity contribution in [2.45, 2.75) is 37.9 Å². The van der Waals surface area contributed by atoms with Crippen molar-refractivity contribution in [1.29, 1.82) is 0 Å². The molecule has 1 unspecified atom stereocenters. The fraction of sp³-hybridized carbons (Fsp3) is 0.368. The third-order valence-corrected chi connectivity index (χ3v) is 4.46. The smallest absolute Gasteiger partial charge is 0.127 e. The zero-order valence-electron chi connectivity index (χ0n) is 12.4. The van der Waals surface area contributed by atoms with Crippen LogP contribution in [-0.2, 0) is 4.74 Å². The molecule has 2 aromatic rings. The molecule has 114 valence electrons. The lowest BCUT2D eigenvalue weighted by atomic mass is 10.0. The third kappa shape index (κ3) is 2.86. The average Bonchev–Trinajstić information content (AvgIpc) is 3.26. The molecule has 1 atom stereocenters. The Balaban J connectivity index is 1.70. The zero-order valence-corrected chi connectivity index (χ0v) is 12.4. The van der Waals surface area contributed by atoms with E-state index in [2.05, 4.69) is 12.1 Å². The van der Waals surface area contributed by atoms with Crippen LogP contribution in [0.15, 0.2) is 42.5 Å². The van der Waals surface area contributed by atoms with Crippen LogP contribution >= 0.6 is 0 Å². The second kappa shape index (κ2) is 5.73. The Kier molecular flexibility index (Phi) is 3.59. The highest BCUT2D eigenvalue weighted by Gasteiger charge is 2.26. The second-order valence-corrected chi connectivity index (χ2v) is 6.11. The number of hydrogen-bond donors (Lipinski definition) is 0. The van der Waals surface area contributed by atoms with E-state index in [1.54, 1.807) is 0 Å². The van der Waals surface area contributed by atoms with E-state index < -0.39 is 0 Å². The molecule has 0 spiro atoms. The van der Waals surface area contributed by atoms with Gasteiger partial charge in [0, 0.05) is 5.56 Å². The Bertz CT molecular complexity index is 656.